The van der Waals surface area contributed by atoms with E-state index in [0.717, 1.165) is 18.4 Å². The van der Waals surface area contributed by atoms with Gasteiger partial charge < -0.3 is 10.2 Å². The van der Waals surface area contributed by atoms with Crippen LogP contribution in [0.1, 0.15) is 83.1 Å². The molecule has 0 aliphatic heterocycles. The zero-order valence-electron chi connectivity index (χ0n) is 14.8. The molecule has 23 heavy (non-hydrogen) atoms. The Kier molecular flexibility index (Phi) is 11.1. The first kappa shape index (κ1) is 19.6. The molecule has 0 fully saturated rings. The zero-order valence-corrected chi connectivity index (χ0v) is 14.8. The summed E-state index contributed by atoms with van der Waals surface area (Å²) in [5.74, 6) is 0.346. The van der Waals surface area contributed by atoms with Crippen LogP contribution in [0.5, 0.6) is 11.5 Å². The lowest BCUT2D eigenvalue weighted by Crippen LogP contribution is -1.87. The van der Waals surface area contributed by atoms with Crippen LogP contribution in [0.2, 0.25) is 0 Å². The summed E-state index contributed by atoms with van der Waals surface area (Å²) in [7, 11) is 0. The van der Waals surface area contributed by atoms with Crippen LogP contribution in [0.15, 0.2) is 30.4 Å². The SMILES string of the molecule is CCCCCCC=CCCCCCCCc1ccc(O)cc1O. The number of rotatable bonds is 13. The van der Waals surface area contributed by atoms with Crippen molar-refractivity contribution in [2.24, 2.45) is 0 Å². The molecule has 0 atom stereocenters. The van der Waals surface area contributed by atoms with Crippen molar-refractivity contribution in [2.75, 3.05) is 0 Å². The highest BCUT2D eigenvalue weighted by Crippen LogP contribution is 2.24. The van der Waals surface area contributed by atoms with E-state index in [1.54, 1.807) is 6.07 Å². The largest absolute Gasteiger partial charge is 0.508 e. The van der Waals surface area contributed by atoms with E-state index < -0.39 is 0 Å². The van der Waals surface area contributed by atoms with E-state index in [0.29, 0.717) is 0 Å². The van der Waals surface area contributed by atoms with E-state index in [1.165, 1.54) is 70.3 Å². The summed E-state index contributed by atoms with van der Waals surface area (Å²) in [6.45, 7) is 2.25. The Labute approximate surface area is 142 Å². The summed E-state index contributed by atoms with van der Waals surface area (Å²) in [4.78, 5) is 0. The standard InChI is InChI=1S/C21H34O2/c1-2-3-4-5-6-7-8-9-10-11-12-13-14-15-19-16-17-20(22)18-21(19)23/h7-8,16-18,22-23H,2-6,9-15H2,1H3. The molecule has 0 heterocycles. The van der Waals surface area contributed by atoms with Crippen molar-refractivity contribution in [3.05, 3.63) is 35.9 Å². The van der Waals surface area contributed by atoms with Crippen LogP contribution in [-0.2, 0) is 6.42 Å². The first-order chi connectivity index (χ1) is 11.2. The van der Waals surface area contributed by atoms with Crippen molar-refractivity contribution >= 4 is 0 Å². The number of aromatic hydroxyl groups is 2. The van der Waals surface area contributed by atoms with Crippen molar-refractivity contribution in [2.45, 2.75) is 84.0 Å². The van der Waals surface area contributed by atoms with Crippen LogP contribution in [-0.4, -0.2) is 10.2 Å². The highest BCUT2D eigenvalue weighted by atomic mass is 16.3. The van der Waals surface area contributed by atoms with Gasteiger partial charge in [0.05, 0.1) is 0 Å². The fourth-order valence-electron chi connectivity index (χ4n) is 2.80. The molecule has 1 rings (SSSR count). The second-order valence-corrected chi connectivity index (χ2v) is 6.44. The van der Waals surface area contributed by atoms with Crippen molar-refractivity contribution in [3.63, 3.8) is 0 Å². The molecule has 0 aromatic heterocycles. The summed E-state index contributed by atoms with van der Waals surface area (Å²) >= 11 is 0. The van der Waals surface area contributed by atoms with E-state index >= 15 is 0 Å². The van der Waals surface area contributed by atoms with E-state index in [2.05, 4.69) is 19.1 Å². The molecular formula is C21H34O2. The predicted molar refractivity (Wildman–Crippen MR) is 99.1 cm³/mol. The average Bonchev–Trinajstić information content (AvgIpc) is 2.53. The van der Waals surface area contributed by atoms with Crippen LogP contribution in [0.4, 0.5) is 0 Å². The summed E-state index contributed by atoms with van der Waals surface area (Å²) in [5, 5.41) is 19.0. The van der Waals surface area contributed by atoms with Crippen molar-refractivity contribution < 1.29 is 10.2 Å². The fraction of sp³-hybridized carbons (Fsp3) is 0.619. The number of allylic oxidation sites excluding steroid dienone is 2. The number of unbranched alkanes of at least 4 members (excludes halogenated alkanes) is 9. The zero-order chi connectivity index (χ0) is 16.8. The highest BCUT2D eigenvalue weighted by Gasteiger charge is 2.01. The topological polar surface area (TPSA) is 40.5 Å². The van der Waals surface area contributed by atoms with Gasteiger partial charge >= 0.3 is 0 Å². The van der Waals surface area contributed by atoms with Crippen molar-refractivity contribution in [1.29, 1.82) is 0 Å². The summed E-state index contributed by atoms with van der Waals surface area (Å²) in [6.07, 6.45) is 19.6. The highest BCUT2D eigenvalue weighted by molar-refractivity contribution is 5.38. The smallest absolute Gasteiger partial charge is 0.122 e. The molecule has 0 amide bonds. The normalized spacial score (nSPS) is 11.3. The van der Waals surface area contributed by atoms with E-state index in [1.807, 2.05) is 6.07 Å². The average molecular weight is 319 g/mol. The summed E-state index contributed by atoms with van der Waals surface area (Å²) in [6, 6.07) is 4.88. The first-order valence-corrected chi connectivity index (χ1v) is 9.40. The Balaban J connectivity index is 1.92. The Morgan fingerprint density at radius 2 is 1.39 bits per heavy atom. The van der Waals surface area contributed by atoms with Crippen molar-refractivity contribution in [1.82, 2.24) is 0 Å². The lowest BCUT2D eigenvalue weighted by atomic mass is 10.0. The predicted octanol–water partition coefficient (Wildman–Crippen LogP) is 6.51. The van der Waals surface area contributed by atoms with Crippen LogP contribution in [0.25, 0.3) is 0 Å². The molecule has 0 saturated carbocycles. The number of phenols is 2. The summed E-state index contributed by atoms with van der Waals surface area (Å²) in [5.41, 5.74) is 0.939. The molecule has 0 saturated heterocycles. The quantitative estimate of drug-likeness (QED) is 0.321. The molecule has 0 spiro atoms. The number of hydrogen-bond donors (Lipinski definition) is 2. The number of benzene rings is 1. The van der Waals surface area contributed by atoms with Gasteiger partial charge in [-0.3, -0.25) is 0 Å². The minimum atomic E-state index is 0.129. The fourth-order valence-corrected chi connectivity index (χ4v) is 2.80. The third-order valence-electron chi connectivity index (χ3n) is 4.28. The second-order valence-electron chi connectivity index (χ2n) is 6.44. The Hall–Kier alpha value is -1.44. The maximum absolute atomic E-state index is 9.71. The van der Waals surface area contributed by atoms with Gasteiger partial charge in [0.15, 0.2) is 0 Å². The van der Waals surface area contributed by atoms with Crippen molar-refractivity contribution in [3.8, 4) is 11.5 Å². The van der Waals surface area contributed by atoms with Gasteiger partial charge in [-0.25, -0.2) is 0 Å². The number of phenolic OH excluding ortho intramolecular Hbond substituents is 2. The third-order valence-corrected chi connectivity index (χ3v) is 4.28. The maximum atomic E-state index is 9.71. The molecule has 0 bridgehead atoms. The minimum absolute atomic E-state index is 0.129. The Bertz CT molecular complexity index is 437. The molecule has 2 heteroatoms. The van der Waals surface area contributed by atoms with Crippen LogP contribution in [0.3, 0.4) is 0 Å². The maximum Gasteiger partial charge on any atom is 0.122 e. The Morgan fingerprint density at radius 3 is 2.04 bits per heavy atom. The summed E-state index contributed by atoms with van der Waals surface area (Å²) < 4.78 is 0. The van der Waals surface area contributed by atoms with Gasteiger partial charge in [-0.05, 0) is 50.2 Å². The second kappa shape index (κ2) is 13.0. The minimum Gasteiger partial charge on any atom is -0.508 e. The number of hydrogen-bond acceptors (Lipinski definition) is 2. The molecule has 2 N–H and O–H groups in total. The molecule has 0 radical (unpaired) electrons. The van der Waals surface area contributed by atoms with Gasteiger partial charge in [0.1, 0.15) is 11.5 Å². The molecule has 0 unspecified atom stereocenters. The Morgan fingerprint density at radius 1 is 0.783 bits per heavy atom. The van der Waals surface area contributed by atoms with Gasteiger partial charge in [0, 0.05) is 6.07 Å². The first-order valence-electron chi connectivity index (χ1n) is 9.40. The monoisotopic (exact) mass is 318 g/mol. The van der Waals surface area contributed by atoms with Gasteiger partial charge in [0.25, 0.3) is 0 Å². The third kappa shape index (κ3) is 10.0. The van der Waals surface area contributed by atoms with E-state index in [4.69, 9.17) is 0 Å². The van der Waals surface area contributed by atoms with E-state index in [-0.39, 0.29) is 11.5 Å². The molecular weight excluding hydrogens is 284 g/mol. The molecule has 2 nitrogen and oxygen atoms in total. The van der Waals surface area contributed by atoms with Gasteiger partial charge in [-0.2, -0.15) is 0 Å². The lowest BCUT2D eigenvalue weighted by molar-refractivity contribution is 0.445. The van der Waals surface area contributed by atoms with Crippen LogP contribution < -0.4 is 0 Å². The number of aryl methyl sites for hydroxylation is 1. The molecule has 1 aromatic rings. The van der Waals surface area contributed by atoms with Crippen LogP contribution in [0, 0.1) is 0 Å². The molecule has 0 aliphatic carbocycles. The van der Waals surface area contributed by atoms with E-state index in [9.17, 15) is 10.2 Å². The van der Waals surface area contributed by atoms with Gasteiger partial charge in [-0.15, -0.1) is 0 Å². The van der Waals surface area contributed by atoms with Gasteiger partial charge in [0.2, 0.25) is 0 Å². The molecule has 0 aliphatic rings. The van der Waals surface area contributed by atoms with Crippen LogP contribution >= 0.6 is 0 Å². The molecule has 130 valence electrons. The molecule has 1 aromatic carbocycles. The van der Waals surface area contributed by atoms with Gasteiger partial charge in [-0.1, -0.05) is 63.7 Å². The lowest BCUT2D eigenvalue weighted by Gasteiger charge is -2.05.